The normalized spacial score (nSPS) is 14.9. The molecule has 1 atom stereocenters. The topological polar surface area (TPSA) is 18.5 Å². The van der Waals surface area contributed by atoms with Gasteiger partial charge in [0.1, 0.15) is 19.0 Å². The lowest BCUT2D eigenvalue weighted by atomic mass is 10.0. The average molecular weight is 392 g/mol. The summed E-state index contributed by atoms with van der Waals surface area (Å²) < 4.78 is 25.4. The maximum absolute atomic E-state index is 13.6. The third-order valence-corrected chi connectivity index (χ3v) is 4.74. The van der Waals surface area contributed by atoms with Crippen LogP contribution in [0.5, 0.6) is 11.5 Å². The van der Waals surface area contributed by atoms with Crippen molar-refractivity contribution in [2.45, 2.75) is 5.38 Å². The molecule has 0 spiro atoms. The number of benzene rings is 2. The van der Waals surface area contributed by atoms with Gasteiger partial charge in [0, 0.05) is 4.47 Å². The summed E-state index contributed by atoms with van der Waals surface area (Å²) in [4.78, 5) is 0. The maximum Gasteiger partial charge on any atom is 0.162 e. The number of rotatable bonds is 2. The van der Waals surface area contributed by atoms with E-state index in [1.54, 1.807) is 24.3 Å². The lowest BCUT2D eigenvalue weighted by Gasteiger charge is -2.21. The number of hydrogen-bond acceptors (Lipinski definition) is 2. The Morgan fingerprint density at radius 1 is 1.10 bits per heavy atom. The van der Waals surface area contributed by atoms with Crippen LogP contribution in [0.2, 0.25) is 5.02 Å². The Balaban J connectivity index is 2.05. The highest BCUT2D eigenvalue weighted by molar-refractivity contribution is 9.10. The number of alkyl halides is 1. The van der Waals surface area contributed by atoms with Crippen LogP contribution in [-0.4, -0.2) is 13.2 Å². The van der Waals surface area contributed by atoms with Crippen molar-refractivity contribution < 1.29 is 13.9 Å². The van der Waals surface area contributed by atoms with E-state index in [-0.39, 0.29) is 5.02 Å². The summed E-state index contributed by atoms with van der Waals surface area (Å²) in [5.41, 5.74) is 1.25. The predicted octanol–water partition coefficient (Wildman–Crippen LogP) is 5.34. The fourth-order valence-corrected chi connectivity index (χ4v) is 3.49. The fourth-order valence-electron chi connectivity index (χ4n) is 2.16. The molecule has 6 heteroatoms. The van der Waals surface area contributed by atoms with Crippen LogP contribution in [-0.2, 0) is 0 Å². The predicted molar refractivity (Wildman–Crippen MR) is 84.2 cm³/mol. The number of fused-ring (bicyclic) bond motifs is 1. The van der Waals surface area contributed by atoms with Crippen molar-refractivity contribution in [3.8, 4) is 11.5 Å². The molecule has 2 aromatic rings. The molecule has 1 unspecified atom stereocenters. The van der Waals surface area contributed by atoms with Crippen molar-refractivity contribution >= 4 is 39.1 Å². The molecule has 3 rings (SSSR count). The first-order valence-corrected chi connectivity index (χ1v) is 7.85. The van der Waals surface area contributed by atoms with Gasteiger partial charge in [-0.3, -0.25) is 0 Å². The van der Waals surface area contributed by atoms with Gasteiger partial charge in [0.15, 0.2) is 11.5 Å². The Labute approximate surface area is 139 Å². The first-order valence-electron chi connectivity index (χ1n) is 6.25. The van der Waals surface area contributed by atoms with Gasteiger partial charge in [-0.15, -0.1) is 11.6 Å². The summed E-state index contributed by atoms with van der Waals surface area (Å²) in [6.45, 7) is 1.00. The van der Waals surface area contributed by atoms with Gasteiger partial charge in [0.25, 0.3) is 0 Å². The zero-order valence-corrected chi connectivity index (χ0v) is 13.8. The molecule has 2 nitrogen and oxygen atoms in total. The number of ether oxygens (including phenoxy) is 2. The van der Waals surface area contributed by atoms with Gasteiger partial charge in [-0.1, -0.05) is 39.7 Å². The molecule has 0 saturated heterocycles. The van der Waals surface area contributed by atoms with Crippen LogP contribution in [0.4, 0.5) is 4.39 Å². The molecule has 110 valence electrons. The molecule has 0 radical (unpaired) electrons. The minimum Gasteiger partial charge on any atom is -0.486 e. The van der Waals surface area contributed by atoms with Crippen molar-refractivity contribution in [3.63, 3.8) is 0 Å². The lowest BCUT2D eigenvalue weighted by Crippen LogP contribution is -2.15. The van der Waals surface area contributed by atoms with E-state index in [1.165, 1.54) is 6.07 Å². The van der Waals surface area contributed by atoms with Crippen molar-refractivity contribution in [2.24, 2.45) is 0 Å². The largest absolute Gasteiger partial charge is 0.486 e. The van der Waals surface area contributed by atoms with Crippen LogP contribution in [0.1, 0.15) is 16.5 Å². The second-order valence-corrected chi connectivity index (χ2v) is 6.19. The van der Waals surface area contributed by atoms with Crippen molar-refractivity contribution in [1.82, 2.24) is 0 Å². The minimum atomic E-state index is -0.599. The Hall–Kier alpha value is -0.970. The van der Waals surface area contributed by atoms with Crippen LogP contribution < -0.4 is 9.47 Å². The summed E-state index contributed by atoms with van der Waals surface area (Å²) in [5.74, 6) is 0.789. The Morgan fingerprint density at radius 3 is 2.48 bits per heavy atom. The molecule has 0 saturated carbocycles. The molecular formula is C15H10BrCl2FO2. The molecule has 1 aliphatic heterocycles. The minimum absolute atomic E-state index is 0.0271. The molecule has 21 heavy (non-hydrogen) atoms. The number of halogens is 4. The SMILES string of the molecule is Fc1cccc(C(Cl)c2cc3c(cc2Br)OCCO3)c1Cl. The fraction of sp³-hybridized carbons (Fsp3) is 0.200. The van der Waals surface area contributed by atoms with Gasteiger partial charge in [0.2, 0.25) is 0 Å². The first-order chi connectivity index (χ1) is 10.1. The Kier molecular flexibility index (Phi) is 4.29. The smallest absolute Gasteiger partial charge is 0.162 e. The van der Waals surface area contributed by atoms with E-state index in [4.69, 9.17) is 32.7 Å². The van der Waals surface area contributed by atoms with Crippen LogP contribution in [0.3, 0.4) is 0 Å². The van der Waals surface area contributed by atoms with Gasteiger partial charge in [-0.25, -0.2) is 4.39 Å². The zero-order chi connectivity index (χ0) is 15.0. The van der Waals surface area contributed by atoms with E-state index in [0.29, 0.717) is 30.3 Å². The van der Waals surface area contributed by atoms with Gasteiger partial charge < -0.3 is 9.47 Å². The summed E-state index contributed by atoms with van der Waals surface area (Å²) in [6, 6.07) is 8.17. The molecule has 0 bridgehead atoms. The van der Waals surface area contributed by atoms with Gasteiger partial charge in [0.05, 0.1) is 10.4 Å². The van der Waals surface area contributed by atoms with E-state index in [9.17, 15) is 4.39 Å². The highest BCUT2D eigenvalue weighted by Gasteiger charge is 2.22. The summed E-state index contributed by atoms with van der Waals surface area (Å²) in [7, 11) is 0. The van der Waals surface area contributed by atoms with Gasteiger partial charge in [-0.2, -0.15) is 0 Å². The van der Waals surface area contributed by atoms with E-state index in [1.807, 2.05) is 0 Å². The van der Waals surface area contributed by atoms with Crippen molar-refractivity contribution in [3.05, 3.63) is 56.8 Å². The molecule has 0 aromatic heterocycles. The Bertz CT molecular complexity index is 694. The molecule has 0 aliphatic carbocycles. The molecule has 1 heterocycles. The van der Waals surface area contributed by atoms with Crippen molar-refractivity contribution in [1.29, 1.82) is 0 Å². The zero-order valence-electron chi connectivity index (χ0n) is 10.7. The van der Waals surface area contributed by atoms with Gasteiger partial charge in [-0.05, 0) is 29.3 Å². The van der Waals surface area contributed by atoms with Gasteiger partial charge >= 0.3 is 0 Å². The van der Waals surface area contributed by atoms with Crippen molar-refractivity contribution in [2.75, 3.05) is 13.2 Å². The molecule has 0 amide bonds. The standard InChI is InChI=1S/C15H10BrCl2FO2/c16-10-7-13-12(20-4-5-21-13)6-9(10)14(17)8-2-1-3-11(19)15(8)18/h1-3,6-7,14H,4-5H2. The number of hydrogen-bond donors (Lipinski definition) is 0. The monoisotopic (exact) mass is 390 g/mol. The highest BCUT2D eigenvalue weighted by atomic mass is 79.9. The molecule has 2 aromatic carbocycles. The lowest BCUT2D eigenvalue weighted by molar-refractivity contribution is 0.171. The van der Waals surface area contributed by atoms with E-state index in [0.717, 1.165) is 10.0 Å². The average Bonchev–Trinajstić information content (AvgIpc) is 2.48. The third-order valence-electron chi connectivity index (χ3n) is 3.19. The van der Waals surface area contributed by atoms with Crippen LogP contribution in [0.15, 0.2) is 34.8 Å². The van der Waals surface area contributed by atoms with Crippen LogP contribution >= 0.6 is 39.1 Å². The van der Waals surface area contributed by atoms with Crippen LogP contribution in [0.25, 0.3) is 0 Å². The van der Waals surface area contributed by atoms with Crippen LogP contribution in [0, 0.1) is 5.82 Å². The second-order valence-electron chi connectivity index (χ2n) is 4.52. The quantitative estimate of drug-likeness (QED) is 0.643. The van der Waals surface area contributed by atoms with E-state index in [2.05, 4.69) is 15.9 Å². The Morgan fingerprint density at radius 2 is 1.76 bits per heavy atom. The summed E-state index contributed by atoms with van der Waals surface area (Å²) in [5, 5.41) is -0.572. The highest BCUT2D eigenvalue weighted by Crippen LogP contribution is 2.43. The first kappa shape index (κ1) is 14.9. The summed E-state index contributed by atoms with van der Waals surface area (Å²) in [6.07, 6.45) is 0. The molecule has 1 aliphatic rings. The maximum atomic E-state index is 13.6. The third kappa shape index (κ3) is 2.85. The molecule has 0 N–H and O–H groups in total. The second kappa shape index (κ2) is 6.03. The molecule has 0 fully saturated rings. The van der Waals surface area contributed by atoms with E-state index >= 15 is 0 Å². The van der Waals surface area contributed by atoms with E-state index < -0.39 is 11.2 Å². The summed E-state index contributed by atoms with van der Waals surface area (Å²) >= 11 is 15.9. The molecular weight excluding hydrogens is 382 g/mol.